The molecule has 1 aliphatic rings. The van der Waals surface area contributed by atoms with E-state index in [0.29, 0.717) is 23.1 Å². The van der Waals surface area contributed by atoms with E-state index < -0.39 is 5.60 Å². The summed E-state index contributed by atoms with van der Waals surface area (Å²) in [6.07, 6.45) is 4.84. The first kappa shape index (κ1) is 17.0. The Morgan fingerprint density at radius 1 is 1.12 bits per heavy atom. The Bertz CT molecular complexity index is 1040. The number of unbranched alkanes of at least 4 members (excludes halogenated alkanes) is 3. The monoisotopic (exact) mass is 348 g/mol. The fourth-order valence-electron chi connectivity index (χ4n) is 3.98. The summed E-state index contributed by atoms with van der Waals surface area (Å²) >= 11 is 0. The van der Waals surface area contributed by atoms with Gasteiger partial charge in [0.15, 0.2) is 5.82 Å². The maximum atomic E-state index is 13.1. The molecule has 0 aliphatic carbocycles. The number of fused-ring (bicyclic) bond motifs is 4. The van der Waals surface area contributed by atoms with E-state index in [1.54, 1.807) is 10.6 Å². The fourth-order valence-corrected chi connectivity index (χ4v) is 3.98. The topological polar surface area (TPSA) is 55.1 Å². The molecular formula is C22H24N2O2. The van der Waals surface area contributed by atoms with Gasteiger partial charge in [-0.25, -0.2) is 4.98 Å². The van der Waals surface area contributed by atoms with Crippen LogP contribution in [-0.4, -0.2) is 14.7 Å². The number of rotatable bonds is 5. The zero-order valence-electron chi connectivity index (χ0n) is 15.3. The van der Waals surface area contributed by atoms with Gasteiger partial charge in [-0.3, -0.25) is 9.36 Å². The SMILES string of the molecule is CCCCCCC1(O)c2cc(C)ccc2-n2c1nc1ccccc1c2=O. The highest BCUT2D eigenvalue weighted by Crippen LogP contribution is 2.43. The Hall–Kier alpha value is -2.46. The van der Waals surface area contributed by atoms with Crippen molar-refractivity contribution in [3.8, 4) is 5.69 Å². The molecule has 4 heteroatoms. The van der Waals surface area contributed by atoms with Crippen LogP contribution in [0.1, 0.15) is 56.0 Å². The van der Waals surface area contributed by atoms with Crippen LogP contribution in [0.4, 0.5) is 0 Å². The van der Waals surface area contributed by atoms with Gasteiger partial charge in [0.25, 0.3) is 5.56 Å². The van der Waals surface area contributed by atoms with Crippen molar-refractivity contribution in [2.75, 3.05) is 0 Å². The lowest BCUT2D eigenvalue weighted by Crippen LogP contribution is -2.30. The minimum absolute atomic E-state index is 0.111. The standard InChI is InChI=1S/C22H24N2O2/c1-3-4-5-8-13-22(26)17-14-15(2)11-12-19(17)24-20(25)16-9-6-7-10-18(16)23-21(22)24/h6-7,9-12,14,26H,3-5,8,13H2,1-2H3. The van der Waals surface area contributed by atoms with Crippen LogP contribution in [0.25, 0.3) is 16.6 Å². The van der Waals surface area contributed by atoms with Gasteiger partial charge in [-0.2, -0.15) is 0 Å². The Balaban J connectivity index is 1.94. The van der Waals surface area contributed by atoms with Crippen LogP contribution in [-0.2, 0) is 5.60 Å². The van der Waals surface area contributed by atoms with E-state index in [1.807, 2.05) is 43.3 Å². The lowest BCUT2D eigenvalue weighted by atomic mass is 9.88. The molecule has 4 rings (SSSR count). The molecule has 0 fully saturated rings. The van der Waals surface area contributed by atoms with E-state index in [2.05, 4.69) is 6.92 Å². The van der Waals surface area contributed by atoms with Crippen molar-refractivity contribution in [3.63, 3.8) is 0 Å². The van der Waals surface area contributed by atoms with E-state index >= 15 is 0 Å². The van der Waals surface area contributed by atoms with Gasteiger partial charge in [-0.05, 0) is 38.0 Å². The predicted octanol–water partition coefficient (Wildman–Crippen LogP) is 4.21. The van der Waals surface area contributed by atoms with Crippen LogP contribution in [0.5, 0.6) is 0 Å². The van der Waals surface area contributed by atoms with Crippen LogP contribution in [0.15, 0.2) is 47.3 Å². The molecule has 26 heavy (non-hydrogen) atoms. The molecular weight excluding hydrogens is 324 g/mol. The summed E-state index contributed by atoms with van der Waals surface area (Å²) in [6.45, 7) is 4.18. The molecule has 0 saturated heterocycles. The third kappa shape index (κ3) is 2.48. The molecule has 1 aromatic heterocycles. The second-order valence-electron chi connectivity index (χ2n) is 7.28. The second-order valence-corrected chi connectivity index (χ2v) is 7.28. The number of aliphatic hydroxyl groups is 1. The van der Waals surface area contributed by atoms with Gasteiger partial charge >= 0.3 is 0 Å². The highest BCUT2D eigenvalue weighted by Gasteiger charge is 2.44. The van der Waals surface area contributed by atoms with Crippen molar-refractivity contribution < 1.29 is 5.11 Å². The largest absolute Gasteiger partial charge is 0.377 e. The van der Waals surface area contributed by atoms with Crippen molar-refractivity contribution in [2.24, 2.45) is 0 Å². The van der Waals surface area contributed by atoms with Crippen molar-refractivity contribution in [1.82, 2.24) is 9.55 Å². The smallest absolute Gasteiger partial charge is 0.266 e. The van der Waals surface area contributed by atoms with Gasteiger partial charge in [0.1, 0.15) is 5.60 Å². The van der Waals surface area contributed by atoms with Gasteiger partial charge in [-0.15, -0.1) is 0 Å². The summed E-state index contributed by atoms with van der Waals surface area (Å²) in [7, 11) is 0. The van der Waals surface area contributed by atoms with Gasteiger partial charge in [0, 0.05) is 5.56 Å². The fraction of sp³-hybridized carbons (Fsp3) is 0.364. The van der Waals surface area contributed by atoms with Gasteiger partial charge in [0.2, 0.25) is 0 Å². The molecule has 4 nitrogen and oxygen atoms in total. The van der Waals surface area contributed by atoms with Crippen LogP contribution in [0.2, 0.25) is 0 Å². The lowest BCUT2D eigenvalue weighted by molar-refractivity contribution is 0.0643. The molecule has 0 spiro atoms. The number of benzene rings is 2. The molecule has 1 aliphatic heterocycles. The maximum Gasteiger partial charge on any atom is 0.266 e. The van der Waals surface area contributed by atoms with Crippen molar-refractivity contribution >= 4 is 10.9 Å². The molecule has 1 atom stereocenters. The molecule has 2 heterocycles. The van der Waals surface area contributed by atoms with Gasteiger partial charge in [-0.1, -0.05) is 56.0 Å². The number of aromatic nitrogens is 2. The quantitative estimate of drug-likeness (QED) is 0.703. The average Bonchev–Trinajstić information content (AvgIpc) is 2.88. The number of nitrogens with zero attached hydrogens (tertiary/aromatic N) is 2. The second kappa shape index (κ2) is 6.36. The maximum absolute atomic E-state index is 13.1. The highest BCUT2D eigenvalue weighted by atomic mass is 16.3. The summed E-state index contributed by atoms with van der Waals surface area (Å²) in [5.74, 6) is 0.457. The lowest BCUT2D eigenvalue weighted by Gasteiger charge is -2.24. The van der Waals surface area contributed by atoms with E-state index in [9.17, 15) is 9.90 Å². The molecule has 3 aromatic rings. The van der Waals surface area contributed by atoms with Gasteiger partial charge in [0.05, 0.1) is 16.6 Å². The van der Waals surface area contributed by atoms with Gasteiger partial charge < -0.3 is 5.11 Å². The van der Waals surface area contributed by atoms with E-state index in [-0.39, 0.29) is 5.56 Å². The minimum atomic E-state index is -1.21. The van der Waals surface area contributed by atoms with E-state index in [4.69, 9.17) is 4.98 Å². The Labute approximate surface area is 153 Å². The normalized spacial score (nSPS) is 18.1. The highest BCUT2D eigenvalue weighted by molar-refractivity contribution is 5.79. The number of aryl methyl sites for hydroxylation is 1. The van der Waals surface area contributed by atoms with Crippen molar-refractivity contribution in [3.05, 3.63) is 69.8 Å². The average molecular weight is 348 g/mol. The van der Waals surface area contributed by atoms with Crippen LogP contribution in [0.3, 0.4) is 0 Å². The van der Waals surface area contributed by atoms with Crippen LogP contribution in [0, 0.1) is 6.92 Å². The Morgan fingerprint density at radius 2 is 1.92 bits per heavy atom. The third-order valence-electron chi connectivity index (χ3n) is 5.38. The summed E-state index contributed by atoms with van der Waals surface area (Å²) in [6, 6.07) is 13.3. The summed E-state index contributed by atoms with van der Waals surface area (Å²) in [5, 5.41) is 12.3. The molecule has 1 unspecified atom stereocenters. The summed E-state index contributed by atoms with van der Waals surface area (Å²) in [5.41, 5.74) is 1.94. The molecule has 0 radical (unpaired) electrons. The van der Waals surface area contributed by atoms with Crippen molar-refractivity contribution in [2.45, 2.75) is 51.6 Å². The Kier molecular flexibility index (Phi) is 4.16. The Morgan fingerprint density at radius 3 is 2.73 bits per heavy atom. The predicted molar refractivity (Wildman–Crippen MR) is 104 cm³/mol. The molecule has 0 bridgehead atoms. The van der Waals surface area contributed by atoms with Crippen molar-refractivity contribution in [1.29, 1.82) is 0 Å². The first-order valence-electron chi connectivity index (χ1n) is 9.42. The molecule has 2 aromatic carbocycles. The number of hydrogen-bond acceptors (Lipinski definition) is 3. The molecule has 0 amide bonds. The molecule has 1 N–H and O–H groups in total. The zero-order valence-corrected chi connectivity index (χ0v) is 15.3. The van der Waals surface area contributed by atoms with Crippen LogP contribution < -0.4 is 5.56 Å². The molecule has 134 valence electrons. The minimum Gasteiger partial charge on any atom is -0.377 e. The van der Waals surface area contributed by atoms with E-state index in [0.717, 1.165) is 42.5 Å². The van der Waals surface area contributed by atoms with E-state index in [1.165, 1.54) is 0 Å². The first-order valence-corrected chi connectivity index (χ1v) is 9.42. The summed E-state index contributed by atoms with van der Waals surface area (Å²) < 4.78 is 1.61. The number of para-hydroxylation sites is 1. The zero-order chi connectivity index (χ0) is 18.3. The summed E-state index contributed by atoms with van der Waals surface area (Å²) in [4.78, 5) is 17.9. The third-order valence-corrected chi connectivity index (χ3v) is 5.38. The first-order chi connectivity index (χ1) is 12.6. The molecule has 0 saturated carbocycles. The number of hydrogen-bond donors (Lipinski definition) is 1. The van der Waals surface area contributed by atoms with Crippen LogP contribution >= 0.6 is 0 Å².